The lowest BCUT2D eigenvalue weighted by molar-refractivity contribution is -0.133. The Labute approximate surface area is 245 Å². The predicted octanol–water partition coefficient (Wildman–Crippen LogP) is 3.75. The molecular weight excluding hydrogens is 566 g/mol. The number of likely N-dealkylation sites (tertiary alicyclic amines) is 1. The van der Waals surface area contributed by atoms with Gasteiger partial charge in [0.2, 0.25) is 21.8 Å². The van der Waals surface area contributed by atoms with Gasteiger partial charge in [0.15, 0.2) is 0 Å². The first-order valence-electron chi connectivity index (χ1n) is 14.3. The van der Waals surface area contributed by atoms with Crippen molar-refractivity contribution in [2.45, 2.75) is 87.5 Å². The number of piperidine rings is 1. The van der Waals surface area contributed by atoms with E-state index in [9.17, 15) is 26.8 Å². The number of nitrogens with zero attached hydrogens (tertiary/aromatic N) is 3. The molecule has 13 heteroatoms. The van der Waals surface area contributed by atoms with E-state index < -0.39 is 39.9 Å². The number of halogens is 2. The Morgan fingerprint density at radius 2 is 1.81 bits per heavy atom. The zero-order valence-electron chi connectivity index (χ0n) is 23.7. The van der Waals surface area contributed by atoms with E-state index in [0.717, 1.165) is 31.2 Å². The summed E-state index contributed by atoms with van der Waals surface area (Å²) < 4.78 is 56.8. The molecule has 1 saturated heterocycles. The molecule has 0 spiro atoms. The zero-order chi connectivity index (χ0) is 30.4. The molecule has 2 fully saturated rings. The second-order valence-corrected chi connectivity index (χ2v) is 12.7. The number of primary amides is 1. The van der Waals surface area contributed by atoms with Crippen LogP contribution in [0.2, 0.25) is 0 Å². The van der Waals surface area contributed by atoms with Crippen LogP contribution < -0.4 is 16.2 Å². The number of aromatic nitrogens is 2. The van der Waals surface area contributed by atoms with Gasteiger partial charge < -0.3 is 16.4 Å². The first kappa shape index (κ1) is 31.5. The maximum Gasteiger partial charge on any atom is 0.269 e. The summed E-state index contributed by atoms with van der Waals surface area (Å²) in [6.07, 6.45) is 5.99. The molecule has 2 aromatic rings. The maximum absolute atomic E-state index is 14.0. The van der Waals surface area contributed by atoms with E-state index in [2.05, 4.69) is 14.7 Å². The third-order valence-electron chi connectivity index (χ3n) is 8.24. The number of amides is 2. The molecule has 1 aromatic heterocycles. The lowest BCUT2D eigenvalue weighted by Crippen LogP contribution is -2.50. The SMILES string of the molecule is CC(C(N)=O)c1c(C2CCCC2)cccc1S(=O)(=O)NC(CCCc1cnc(N)cn1)C(=O)N1CCC(=C(F)F)CC1. The molecule has 1 saturated carbocycles. The maximum atomic E-state index is 14.0. The highest BCUT2D eigenvalue weighted by Gasteiger charge is 2.35. The highest BCUT2D eigenvalue weighted by atomic mass is 32.2. The van der Waals surface area contributed by atoms with Gasteiger partial charge in [-0.1, -0.05) is 25.0 Å². The van der Waals surface area contributed by atoms with Gasteiger partial charge in [0.1, 0.15) is 11.9 Å². The minimum Gasteiger partial charge on any atom is -0.382 e. The van der Waals surface area contributed by atoms with Gasteiger partial charge in [-0.25, -0.2) is 13.4 Å². The minimum absolute atomic E-state index is 0.00640. The molecule has 2 heterocycles. The van der Waals surface area contributed by atoms with Gasteiger partial charge in [0.25, 0.3) is 6.08 Å². The fraction of sp³-hybridized carbons (Fsp3) is 0.517. The van der Waals surface area contributed by atoms with Gasteiger partial charge in [0, 0.05) is 13.1 Å². The number of rotatable bonds is 11. The van der Waals surface area contributed by atoms with E-state index in [4.69, 9.17) is 11.5 Å². The molecule has 228 valence electrons. The van der Waals surface area contributed by atoms with Crippen LogP contribution in [0.4, 0.5) is 14.6 Å². The Kier molecular flexibility index (Phi) is 10.3. The van der Waals surface area contributed by atoms with Crippen molar-refractivity contribution in [1.82, 2.24) is 19.6 Å². The summed E-state index contributed by atoms with van der Waals surface area (Å²) in [6.45, 7) is 1.72. The number of nitrogens with one attached hydrogen (secondary N) is 1. The van der Waals surface area contributed by atoms with E-state index in [1.165, 1.54) is 23.4 Å². The molecule has 0 bridgehead atoms. The zero-order valence-corrected chi connectivity index (χ0v) is 24.5. The Bertz CT molecular complexity index is 1410. The van der Waals surface area contributed by atoms with Crippen LogP contribution in [0.15, 0.2) is 47.1 Å². The van der Waals surface area contributed by atoms with Crippen molar-refractivity contribution in [1.29, 1.82) is 0 Å². The number of carbonyl (C=O) groups excluding carboxylic acids is 2. The van der Waals surface area contributed by atoms with Crippen LogP contribution >= 0.6 is 0 Å². The van der Waals surface area contributed by atoms with Crippen LogP contribution in [0.1, 0.15) is 86.9 Å². The average Bonchev–Trinajstić information content (AvgIpc) is 3.51. The number of anilines is 1. The Balaban J connectivity index is 1.63. The average molecular weight is 605 g/mol. The first-order valence-corrected chi connectivity index (χ1v) is 15.8. The monoisotopic (exact) mass is 604 g/mol. The molecule has 1 aromatic carbocycles. The Hall–Kier alpha value is -3.45. The van der Waals surface area contributed by atoms with Crippen LogP contribution in [0.5, 0.6) is 0 Å². The Morgan fingerprint density at radius 1 is 1.12 bits per heavy atom. The summed E-state index contributed by atoms with van der Waals surface area (Å²) in [7, 11) is -4.31. The van der Waals surface area contributed by atoms with Gasteiger partial charge in [-0.2, -0.15) is 13.5 Å². The molecule has 0 radical (unpaired) electrons. The van der Waals surface area contributed by atoms with E-state index in [1.807, 2.05) is 6.07 Å². The quantitative estimate of drug-likeness (QED) is 0.352. The first-order chi connectivity index (χ1) is 20.0. The number of carbonyl (C=O) groups is 2. The third kappa shape index (κ3) is 7.49. The largest absolute Gasteiger partial charge is 0.382 e. The summed E-state index contributed by atoms with van der Waals surface area (Å²) >= 11 is 0. The van der Waals surface area contributed by atoms with Crippen molar-refractivity contribution in [3.05, 3.63) is 59.1 Å². The molecule has 10 nitrogen and oxygen atoms in total. The van der Waals surface area contributed by atoms with Crippen molar-refractivity contribution in [3.8, 4) is 0 Å². The van der Waals surface area contributed by atoms with Crippen LogP contribution in [0.3, 0.4) is 0 Å². The Morgan fingerprint density at radius 3 is 2.40 bits per heavy atom. The van der Waals surface area contributed by atoms with E-state index >= 15 is 0 Å². The summed E-state index contributed by atoms with van der Waals surface area (Å²) in [5, 5.41) is 0. The molecule has 5 N–H and O–H groups in total. The molecule has 2 amide bonds. The number of benzene rings is 1. The highest BCUT2D eigenvalue weighted by molar-refractivity contribution is 7.89. The third-order valence-corrected chi connectivity index (χ3v) is 9.77. The fourth-order valence-electron chi connectivity index (χ4n) is 5.86. The van der Waals surface area contributed by atoms with Crippen molar-refractivity contribution in [2.75, 3.05) is 18.8 Å². The molecule has 2 aliphatic rings. The molecular formula is C29H38F2N6O4S. The second-order valence-electron chi connectivity index (χ2n) is 11.1. The number of hydrogen-bond acceptors (Lipinski definition) is 7. The summed E-state index contributed by atoms with van der Waals surface area (Å²) in [5.41, 5.74) is 13.1. The van der Waals surface area contributed by atoms with Crippen LogP contribution in [0, 0.1) is 0 Å². The van der Waals surface area contributed by atoms with Crippen LogP contribution in [-0.4, -0.2) is 54.2 Å². The number of sulfonamides is 1. The van der Waals surface area contributed by atoms with E-state index in [-0.39, 0.29) is 54.6 Å². The molecule has 2 atom stereocenters. The van der Waals surface area contributed by atoms with Crippen molar-refractivity contribution < 1.29 is 26.8 Å². The molecule has 42 heavy (non-hydrogen) atoms. The van der Waals surface area contributed by atoms with Gasteiger partial charge in [-0.05, 0) is 80.6 Å². The second kappa shape index (κ2) is 13.7. The molecule has 1 aliphatic heterocycles. The number of nitrogens with two attached hydrogens (primary N) is 2. The molecule has 2 unspecified atom stereocenters. The van der Waals surface area contributed by atoms with Crippen molar-refractivity contribution in [2.24, 2.45) is 5.73 Å². The number of nitrogen functional groups attached to an aromatic ring is 1. The summed E-state index contributed by atoms with van der Waals surface area (Å²) in [6, 6.07) is 3.77. The van der Waals surface area contributed by atoms with Gasteiger partial charge in [0.05, 0.1) is 28.9 Å². The normalized spacial score (nSPS) is 17.7. The van der Waals surface area contributed by atoms with E-state index in [1.54, 1.807) is 13.0 Å². The minimum atomic E-state index is -4.31. The lowest BCUT2D eigenvalue weighted by Gasteiger charge is -2.32. The van der Waals surface area contributed by atoms with Gasteiger partial charge in [-0.15, -0.1) is 0 Å². The summed E-state index contributed by atoms with van der Waals surface area (Å²) in [4.78, 5) is 35.5. The summed E-state index contributed by atoms with van der Waals surface area (Å²) in [5.74, 6) is -1.62. The van der Waals surface area contributed by atoms with Crippen LogP contribution in [-0.2, 0) is 26.0 Å². The predicted molar refractivity (Wildman–Crippen MR) is 154 cm³/mol. The molecule has 4 rings (SSSR count). The van der Waals surface area contributed by atoms with Crippen LogP contribution in [0.25, 0.3) is 0 Å². The fourth-order valence-corrected chi connectivity index (χ4v) is 7.43. The van der Waals surface area contributed by atoms with Gasteiger partial charge in [-0.3, -0.25) is 14.6 Å². The van der Waals surface area contributed by atoms with Gasteiger partial charge >= 0.3 is 0 Å². The number of hydrogen-bond donors (Lipinski definition) is 3. The van der Waals surface area contributed by atoms with E-state index in [0.29, 0.717) is 24.1 Å². The van der Waals surface area contributed by atoms with Crippen molar-refractivity contribution in [3.63, 3.8) is 0 Å². The highest BCUT2D eigenvalue weighted by Crippen LogP contribution is 2.40. The number of aryl methyl sites for hydroxylation is 1. The lowest BCUT2D eigenvalue weighted by atomic mass is 9.87. The standard InChI is InChI=1S/C29H38F2N6O4S/c1-18(28(33)38)26-22(19-6-2-3-7-19)9-5-11-24(26)42(40,41)36-23(10-4-8-21-16-35-25(32)17-34-21)29(39)37-14-12-20(13-15-37)27(30)31/h5,9,11,16-19,23,36H,2-4,6-8,10,12-15H2,1H3,(H2,32,35)(H2,33,38). The smallest absolute Gasteiger partial charge is 0.269 e. The molecule has 1 aliphatic carbocycles. The topological polar surface area (TPSA) is 161 Å². The van der Waals surface area contributed by atoms with Crippen molar-refractivity contribution >= 4 is 27.7 Å².